The molecule has 1 aromatic heterocycles. The highest BCUT2D eigenvalue weighted by Gasteiger charge is 2.03. The number of aryl methyl sites for hydroxylation is 1. The summed E-state index contributed by atoms with van der Waals surface area (Å²) in [4.78, 5) is 4.57. The fraction of sp³-hybridized carbons (Fsp3) is 0.286. The zero-order valence-corrected chi connectivity index (χ0v) is 6.92. The first-order valence-corrected chi connectivity index (χ1v) is 3.57. The predicted octanol–water partition coefficient (Wildman–Crippen LogP) is 0.662. The van der Waals surface area contributed by atoms with Gasteiger partial charge in [-0.2, -0.15) is 0 Å². The summed E-state index contributed by atoms with van der Waals surface area (Å²) in [5.74, 6) is 0. The molecule has 3 nitrogen and oxygen atoms in total. The maximum Gasteiger partial charge on any atom is 0.180 e. The highest BCUT2D eigenvalue weighted by Crippen LogP contribution is 2.15. The van der Waals surface area contributed by atoms with Crippen LogP contribution in [0.3, 0.4) is 0 Å². The van der Waals surface area contributed by atoms with Gasteiger partial charge in [0.1, 0.15) is 0 Å². The van der Waals surface area contributed by atoms with Crippen molar-refractivity contribution < 1.29 is 10.2 Å². The van der Waals surface area contributed by atoms with Crippen LogP contribution in [-0.4, -0.2) is 15.2 Å². The second kappa shape index (κ2) is 3.21. The zero-order chi connectivity index (χ0) is 8.43. The third-order valence-corrected chi connectivity index (χ3v) is 1.83. The molecule has 0 aromatic carbocycles. The lowest BCUT2D eigenvalue weighted by Crippen LogP contribution is -1.96. The minimum absolute atomic E-state index is 0.362. The van der Waals surface area contributed by atoms with Crippen LogP contribution < -0.4 is 0 Å². The third kappa shape index (κ3) is 1.92. The first-order valence-electron chi connectivity index (χ1n) is 3.13. The first-order chi connectivity index (χ1) is 5.11. The Bertz CT molecular complexity index is 263. The van der Waals surface area contributed by atoms with Gasteiger partial charge in [0.05, 0.1) is 5.69 Å². The van der Waals surface area contributed by atoms with Gasteiger partial charge in [-0.15, -0.1) is 12.6 Å². The van der Waals surface area contributed by atoms with Crippen molar-refractivity contribution in [3.8, 4) is 0 Å². The molecule has 0 bridgehead atoms. The molecule has 0 radical (unpaired) electrons. The Morgan fingerprint density at radius 3 is 2.64 bits per heavy atom. The van der Waals surface area contributed by atoms with Crippen LogP contribution in [0.4, 0.5) is 0 Å². The van der Waals surface area contributed by atoms with Crippen LogP contribution in [0.2, 0.25) is 0 Å². The molecule has 0 saturated heterocycles. The molecule has 0 aliphatic rings. The van der Waals surface area contributed by atoms with Crippen LogP contribution in [0.5, 0.6) is 0 Å². The summed E-state index contributed by atoms with van der Waals surface area (Å²) >= 11 is 4.08. The number of hydrogen-bond donors (Lipinski definition) is 3. The molecule has 2 N–H and O–H groups in total. The number of nitrogens with zero attached hydrogens (tertiary/aromatic N) is 1. The van der Waals surface area contributed by atoms with Gasteiger partial charge < -0.3 is 10.2 Å². The van der Waals surface area contributed by atoms with E-state index in [0.29, 0.717) is 10.5 Å². The first kappa shape index (κ1) is 8.52. The Kier molecular flexibility index (Phi) is 2.49. The monoisotopic (exact) mass is 171 g/mol. The standard InChI is InChI=1S/C7H9NO2S/c1-4-6(11)2-5(3-8-4)7(9)10/h2-3,7,9-11H,1H3. The maximum atomic E-state index is 8.72. The molecule has 1 heterocycles. The Labute approximate surface area is 70.1 Å². The highest BCUT2D eigenvalue weighted by atomic mass is 32.1. The fourth-order valence-electron chi connectivity index (χ4n) is 0.678. The number of hydrogen-bond acceptors (Lipinski definition) is 4. The van der Waals surface area contributed by atoms with Crippen molar-refractivity contribution in [2.75, 3.05) is 0 Å². The van der Waals surface area contributed by atoms with Gasteiger partial charge in [0.25, 0.3) is 0 Å². The smallest absolute Gasteiger partial charge is 0.180 e. The second-order valence-corrected chi connectivity index (χ2v) is 2.73. The molecular formula is C7H9NO2S. The molecule has 0 amide bonds. The van der Waals surface area contributed by atoms with Crippen LogP contribution in [-0.2, 0) is 0 Å². The van der Waals surface area contributed by atoms with E-state index in [4.69, 9.17) is 10.2 Å². The Hall–Kier alpha value is -0.580. The lowest BCUT2D eigenvalue weighted by atomic mass is 10.2. The SMILES string of the molecule is Cc1ncc(C(O)O)cc1S. The van der Waals surface area contributed by atoms with Gasteiger partial charge in [0.15, 0.2) is 6.29 Å². The molecule has 11 heavy (non-hydrogen) atoms. The van der Waals surface area contributed by atoms with E-state index in [1.165, 1.54) is 6.20 Å². The van der Waals surface area contributed by atoms with Crippen LogP contribution in [0.15, 0.2) is 17.2 Å². The minimum atomic E-state index is -1.46. The zero-order valence-electron chi connectivity index (χ0n) is 6.02. The number of rotatable bonds is 1. The average Bonchev–Trinajstić information content (AvgIpc) is 1.94. The van der Waals surface area contributed by atoms with Crippen LogP contribution in [0, 0.1) is 6.92 Å². The summed E-state index contributed by atoms with van der Waals surface area (Å²) in [5, 5.41) is 17.4. The quantitative estimate of drug-likeness (QED) is 0.430. The number of aliphatic hydroxyl groups is 2. The Balaban J connectivity index is 3.05. The van der Waals surface area contributed by atoms with Gasteiger partial charge in [-0.05, 0) is 13.0 Å². The largest absolute Gasteiger partial charge is 0.364 e. The molecule has 0 aliphatic heterocycles. The molecule has 0 aliphatic carbocycles. The van der Waals surface area contributed by atoms with Crippen molar-refractivity contribution in [1.29, 1.82) is 0 Å². The van der Waals surface area contributed by atoms with E-state index in [0.717, 1.165) is 5.69 Å². The van der Waals surface area contributed by atoms with Crippen molar-refractivity contribution >= 4 is 12.6 Å². The van der Waals surface area contributed by atoms with Gasteiger partial charge in [-0.1, -0.05) is 0 Å². The third-order valence-electron chi connectivity index (χ3n) is 1.38. The van der Waals surface area contributed by atoms with E-state index in [1.54, 1.807) is 13.0 Å². The van der Waals surface area contributed by atoms with Crippen molar-refractivity contribution in [3.63, 3.8) is 0 Å². The molecule has 0 unspecified atom stereocenters. The van der Waals surface area contributed by atoms with Crippen LogP contribution >= 0.6 is 12.6 Å². The van der Waals surface area contributed by atoms with Gasteiger partial charge >= 0.3 is 0 Å². The molecule has 1 aromatic rings. The Morgan fingerprint density at radius 2 is 2.18 bits per heavy atom. The summed E-state index contributed by atoms with van der Waals surface area (Å²) in [6.45, 7) is 1.80. The molecule has 60 valence electrons. The van der Waals surface area contributed by atoms with E-state index < -0.39 is 6.29 Å². The average molecular weight is 171 g/mol. The molecule has 0 fully saturated rings. The Morgan fingerprint density at radius 1 is 1.55 bits per heavy atom. The summed E-state index contributed by atoms with van der Waals surface area (Å²) in [7, 11) is 0. The summed E-state index contributed by atoms with van der Waals surface area (Å²) < 4.78 is 0. The predicted molar refractivity (Wildman–Crippen MR) is 43.4 cm³/mol. The lowest BCUT2D eigenvalue weighted by molar-refractivity contribution is -0.0428. The highest BCUT2D eigenvalue weighted by molar-refractivity contribution is 7.80. The van der Waals surface area contributed by atoms with Gasteiger partial charge in [-0.25, -0.2) is 0 Å². The van der Waals surface area contributed by atoms with Gasteiger partial charge in [0, 0.05) is 16.7 Å². The number of aliphatic hydroxyl groups excluding tert-OH is 1. The number of pyridine rings is 1. The molecule has 0 saturated carbocycles. The normalized spacial score (nSPS) is 10.6. The fourth-order valence-corrected chi connectivity index (χ4v) is 0.885. The van der Waals surface area contributed by atoms with Crippen molar-refractivity contribution in [2.45, 2.75) is 18.1 Å². The van der Waals surface area contributed by atoms with Crippen molar-refractivity contribution in [3.05, 3.63) is 23.5 Å². The summed E-state index contributed by atoms with van der Waals surface area (Å²) in [6.07, 6.45) is -0.0475. The minimum Gasteiger partial charge on any atom is -0.364 e. The number of aromatic nitrogens is 1. The van der Waals surface area contributed by atoms with Gasteiger partial charge in [-0.3, -0.25) is 4.98 Å². The summed E-state index contributed by atoms with van der Waals surface area (Å²) in [6, 6.07) is 1.58. The topological polar surface area (TPSA) is 53.4 Å². The van der Waals surface area contributed by atoms with E-state index >= 15 is 0 Å². The maximum absolute atomic E-state index is 8.72. The van der Waals surface area contributed by atoms with Crippen molar-refractivity contribution in [2.24, 2.45) is 0 Å². The van der Waals surface area contributed by atoms with E-state index in [1.807, 2.05) is 0 Å². The molecular weight excluding hydrogens is 162 g/mol. The summed E-state index contributed by atoms with van der Waals surface area (Å²) in [5.41, 5.74) is 1.14. The lowest BCUT2D eigenvalue weighted by Gasteiger charge is -2.04. The molecule has 0 atom stereocenters. The van der Waals surface area contributed by atoms with E-state index in [2.05, 4.69) is 17.6 Å². The van der Waals surface area contributed by atoms with Crippen molar-refractivity contribution in [1.82, 2.24) is 4.98 Å². The molecule has 0 spiro atoms. The molecule has 4 heteroatoms. The second-order valence-electron chi connectivity index (χ2n) is 2.25. The van der Waals surface area contributed by atoms with Crippen LogP contribution in [0.1, 0.15) is 17.5 Å². The molecule has 1 rings (SSSR count). The number of thiol groups is 1. The van der Waals surface area contributed by atoms with E-state index in [-0.39, 0.29) is 0 Å². The van der Waals surface area contributed by atoms with E-state index in [9.17, 15) is 0 Å². The van der Waals surface area contributed by atoms with Gasteiger partial charge in [0.2, 0.25) is 0 Å². The van der Waals surface area contributed by atoms with Crippen LogP contribution in [0.25, 0.3) is 0 Å².